The fraction of sp³-hybridized carbons (Fsp3) is 0.611. The van der Waals surface area contributed by atoms with Crippen LogP contribution in [-0.2, 0) is 21.7 Å². The third-order valence-corrected chi connectivity index (χ3v) is 8.18. The van der Waals surface area contributed by atoms with Gasteiger partial charge in [0, 0.05) is 34.7 Å². The molecule has 0 unspecified atom stereocenters. The molecule has 40 heavy (non-hydrogen) atoms. The Morgan fingerprint density at radius 1 is 0.450 bits per heavy atom. The first-order valence-electron chi connectivity index (χ1n) is 14.5. The zero-order valence-electron chi connectivity index (χ0n) is 28.3. The molecule has 0 aromatic heterocycles. The quantitative estimate of drug-likeness (QED) is 0.366. The Morgan fingerprint density at radius 3 is 0.950 bits per heavy atom. The average Bonchev–Trinajstić information content (AvgIpc) is 2.74. The van der Waals surface area contributed by atoms with Gasteiger partial charge < -0.3 is 10.2 Å². The van der Waals surface area contributed by atoms with Crippen LogP contribution in [0, 0.1) is 0 Å². The molecule has 4 nitrogen and oxygen atoms in total. The fourth-order valence-corrected chi connectivity index (χ4v) is 4.30. The Balaban J connectivity index is 2.59. The molecule has 2 aromatic rings. The molecular formula is C36H56N2O2. The van der Waals surface area contributed by atoms with Gasteiger partial charge in [0.1, 0.15) is 11.5 Å². The third kappa shape index (κ3) is 7.56. The van der Waals surface area contributed by atoms with Gasteiger partial charge in [-0.15, -0.1) is 0 Å². The SMILES string of the molecule is CC(C)(C)c1cc(/C=N/C(C)(C)C(C)(C)/N=C/c2cc(C(C)(C)C)cc(C(C)(C)C)c2O)c(O)c(C(C)(C)C)c1. The van der Waals surface area contributed by atoms with Crippen LogP contribution in [0.15, 0.2) is 34.3 Å². The number of rotatable bonds is 5. The molecule has 0 aliphatic heterocycles. The Labute approximate surface area is 245 Å². The van der Waals surface area contributed by atoms with Crippen molar-refractivity contribution < 1.29 is 10.2 Å². The normalized spacial score (nSPS) is 14.5. The number of nitrogens with zero attached hydrogens (tertiary/aromatic N) is 2. The van der Waals surface area contributed by atoms with Crippen molar-refractivity contribution in [1.29, 1.82) is 0 Å². The lowest BCUT2D eigenvalue weighted by Gasteiger charge is -2.35. The Kier molecular flexibility index (Phi) is 8.95. The van der Waals surface area contributed by atoms with E-state index < -0.39 is 11.1 Å². The molecule has 0 atom stereocenters. The number of hydrogen-bond acceptors (Lipinski definition) is 4. The number of phenolic OH excluding ortho intramolecular Hbond substituents is 2. The first kappa shape index (κ1) is 33.6. The molecule has 4 heteroatoms. The van der Waals surface area contributed by atoms with Gasteiger partial charge in [0.25, 0.3) is 0 Å². The number of aliphatic imine (C=N–C) groups is 2. The maximum atomic E-state index is 11.2. The summed E-state index contributed by atoms with van der Waals surface area (Å²) in [6.45, 7) is 34.0. The highest BCUT2D eigenvalue weighted by Gasteiger charge is 2.36. The van der Waals surface area contributed by atoms with Crippen LogP contribution < -0.4 is 0 Å². The molecule has 2 rings (SSSR count). The summed E-state index contributed by atoms with van der Waals surface area (Å²) < 4.78 is 0. The molecule has 0 saturated carbocycles. The molecule has 2 aromatic carbocycles. The van der Waals surface area contributed by atoms with Gasteiger partial charge in [-0.3, -0.25) is 9.98 Å². The van der Waals surface area contributed by atoms with Gasteiger partial charge in [0.05, 0.1) is 11.1 Å². The minimum absolute atomic E-state index is 0.0646. The molecular weight excluding hydrogens is 492 g/mol. The van der Waals surface area contributed by atoms with E-state index in [1.165, 1.54) is 0 Å². The zero-order valence-corrected chi connectivity index (χ0v) is 28.3. The molecule has 0 amide bonds. The van der Waals surface area contributed by atoms with E-state index in [-0.39, 0.29) is 33.2 Å². The largest absolute Gasteiger partial charge is 0.507 e. The van der Waals surface area contributed by atoms with Crippen molar-refractivity contribution in [2.45, 2.75) is 144 Å². The Hall–Kier alpha value is -2.62. The van der Waals surface area contributed by atoms with Crippen molar-refractivity contribution in [3.05, 3.63) is 57.6 Å². The molecule has 0 saturated heterocycles. The maximum absolute atomic E-state index is 11.2. The lowest BCUT2D eigenvalue weighted by molar-refractivity contribution is 0.317. The van der Waals surface area contributed by atoms with Crippen LogP contribution in [0.4, 0.5) is 0 Å². The molecule has 0 aliphatic rings. The minimum atomic E-state index is -0.598. The fourth-order valence-electron chi connectivity index (χ4n) is 4.30. The van der Waals surface area contributed by atoms with Gasteiger partial charge in [0.15, 0.2) is 0 Å². The number of benzene rings is 2. The number of hydrogen-bond donors (Lipinski definition) is 2. The van der Waals surface area contributed by atoms with E-state index in [9.17, 15) is 10.2 Å². The van der Waals surface area contributed by atoms with Crippen molar-refractivity contribution in [2.24, 2.45) is 9.98 Å². The van der Waals surface area contributed by atoms with Gasteiger partial charge in [-0.05, 0) is 72.6 Å². The highest BCUT2D eigenvalue weighted by Crippen LogP contribution is 2.39. The Morgan fingerprint density at radius 2 is 0.725 bits per heavy atom. The lowest BCUT2D eigenvalue weighted by atomic mass is 9.78. The first-order valence-corrected chi connectivity index (χ1v) is 14.5. The van der Waals surface area contributed by atoms with E-state index in [0.29, 0.717) is 0 Å². The van der Waals surface area contributed by atoms with Gasteiger partial charge in [-0.1, -0.05) is 95.2 Å². The average molecular weight is 549 g/mol. The van der Waals surface area contributed by atoms with Crippen molar-refractivity contribution in [3.8, 4) is 11.5 Å². The molecule has 0 radical (unpaired) electrons. The topological polar surface area (TPSA) is 65.2 Å². The summed E-state index contributed by atoms with van der Waals surface area (Å²) >= 11 is 0. The molecule has 0 bridgehead atoms. The molecule has 0 fully saturated rings. The highest BCUT2D eigenvalue weighted by molar-refractivity contribution is 5.86. The molecule has 222 valence electrons. The summed E-state index contributed by atoms with van der Waals surface area (Å²) in [5.41, 5.74) is 3.86. The second-order valence-corrected chi connectivity index (χ2v) is 16.6. The van der Waals surface area contributed by atoms with Crippen LogP contribution >= 0.6 is 0 Å². The van der Waals surface area contributed by atoms with E-state index >= 15 is 0 Å². The molecule has 2 N–H and O–H groups in total. The summed E-state index contributed by atoms with van der Waals surface area (Å²) in [7, 11) is 0. The second-order valence-electron chi connectivity index (χ2n) is 16.6. The maximum Gasteiger partial charge on any atom is 0.128 e. The summed E-state index contributed by atoms with van der Waals surface area (Å²) in [5, 5.41) is 22.5. The zero-order chi connectivity index (χ0) is 31.3. The lowest BCUT2D eigenvalue weighted by Crippen LogP contribution is -2.42. The third-order valence-electron chi connectivity index (χ3n) is 8.18. The smallest absolute Gasteiger partial charge is 0.128 e. The van der Waals surface area contributed by atoms with Crippen molar-refractivity contribution >= 4 is 12.4 Å². The number of aromatic hydroxyl groups is 2. The summed E-state index contributed by atoms with van der Waals surface area (Å²) in [5.74, 6) is 0.556. The van der Waals surface area contributed by atoms with Crippen LogP contribution in [0.3, 0.4) is 0 Å². The molecule has 0 heterocycles. The van der Waals surface area contributed by atoms with Gasteiger partial charge in [-0.2, -0.15) is 0 Å². The van der Waals surface area contributed by atoms with Gasteiger partial charge in [-0.25, -0.2) is 0 Å². The summed E-state index contributed by atoms with van der Waals surface area (Å²) in [4.78, 5) is 9.98. The standard InChI is InChI=1S/C36H56N2O2/c1-31(2,3)25-17-23(29(39)27(19-25)33(7,8)9)21-37-35(13,14)36(15,16)38-22-24-18-26(32(4,5)6)20-28(30(24)40)34(10,11)12/h17-22,39-40H,1-16H3/b37-21+,38-22+. The van der Waals surface area contributed by atoms with E-state index in [1.807, 2.05) is 12.1 Å². The first-order chi connectivity index (χ1) is 17.7. The van der Waals surface area contributed by atoms with Crippen molar-refractivity contribution in [3.63, 3.8) is 0 Å². The molecule has 0 spiro atoms. The van der Waals surface area contributed by atoms with Crippen LogP contribution in [0.1, 0.15) is 144 Å². The van der Waals surface area contributed by atoms with Crippen LogP contribution in [-0.4, -0.2) is 33.7 Å². The van der Waals surface area contributed by atoms with Crippen LogP contribution in [0.5, 0.6) is 11.5 Å². The van der Waals surface area contributed by atoms with E-state index in [1.54, 1.807) is 12.4 Å². The van der Waals surface area contributed by atoms with Crippen LogP contribution in [0.2, 0.25) is 0 Å². The monoisotopic (exact) mass is 548 g/mol. The number of phenols is 2. The van der Waals surface area contributed by atoms with E-state index in [4.69, 9.17) is 9.98 Å². The Bertz CT molecular complexity index is 1180. The predicted octanol–water partition coefficient (Wildman–Crippen LogP) is 9.38. The van der Waals surface area contributed by atoms with Crippen molar-refractivity contribution in [2.75, 3.05) is 0 Å². The van der Waals surface area contributed by atoms with Crippen LogP contribution in [0.25, 0.3) is 0 Å². The van der Waals surface area contributed by atoms with E-state index in [0.717, 1.165) is 33.4 Å². The molecule has 0 aliphatic carbocycles. The van der Waals surface area contributed by atoms with Gasteiger partial charge >= 0.3 is 0 Å². The predicted molar refractivity (Wildman–Crippen MR) is 174 cm³/mol. The van der Waals surface area contributed by atoms with E-state index in [2.05, 4.69) is 123 Å². The van der Waals surface area contributed by atoms with Crippen molar-refractivity contribution in [1.82, 2.24) is 0 Å². The minimum Gasteiger partial charge on any atom is -0.507 e. The highest BCUT2D eigenvalue weighted by atomic mass is 16.3. The summed E-state index contributed by atoms with van der Waals surface area (Å²) in [6, 6.07) is 8.33. The van der Waals surface area contributed by atoms with Gasteiger partial charge in [0.2, 0.25) is 0 Å². The second kappa shape index (κ2) is 10.7. The summed E-state index contributed by atoms with van der Waals surface area (Å²) in [6.07, 6.45) is 3.60.